The van der Waals surface area contributed by atoms with Crippen LogP contribution in [-0.2, 0) is 0 Å². The summed E-state index contributed by atoms with van der Waals surface area (Å²) in [5.74, 6) is 1.71. The largest absolute Gasteiger partial charge is 0.496 e. The Balaban J connectivity index is 1.94. The zero-order valence-electron chi connectivity index (χ0n) is 12.2. The lowest BCUT2D eigenvalue weighted by Gasteiger charge is -2.15. The van der Waals surface area contributed by atoms with Crippen LogP contribution in [-0.4, -0.2) is 37.4 Å². The number of rotatable bonds is 6. The highest BCUT2D eigenvalue weighted by molar-refractivity contribution is 9.10. The van der Waals surface area contributed by atoms with Crippen molar-refractivity contribution in [3.8, 4) is 5.75 Å². The lowest BCUT2D eigenvalue weighted by Crippen LogP contribution is -2.27. The molecule has 1 aliphatic rings. The molecule has 1 unspecified atom stereocenters. The summed E-state index contributed by atoms with van der Waals surface area (Å²) >= 11 is 3.43. The van der Waals surface area contributed by atoms with E-state index in [1.54, 1.807) is 7.11 Å². The van der Waals surface area contributed by atoms with Crippen LogP contribution in [0, 0.1) is 5.92 Å². The smallest absolute Gasteiger partial charge is 0.176 e. The number of likely N-dealkylation sites (tertiary alicyclic amines) is 1. The summed E-state index contributed by atoms with van der Waals surface area (Å²) in [6.07, 6.45) is 3.74. The van der Waals surface area contributed by atoms with Gasteiger partial charge in [-0.2, -0.15) is 0 Å². The maximum Gasteiger partial charge on any atom is 0.176 e. The molecule has 4 heteroatoms. The number of carbonyl (C=O) groups is 1. The maximum absolute atomic E-state index is 12.3. The third kappa shape index (κ3) is 3.83. The van der Waals surface area contributed by atoms with Crippen LogP contribution < -0.4 is 4.74 Å². The summed E-state index contributed by atoms with van der Waals surface area (Å²) in [7, 11) is 1.62. The molecule has 0 radical (unpaired) electrons. The maximum atomic E-state index is 12.3. The topological polar surface area (TPSA) is 29.5 Å². The van der Waals surface area contributed by atoms with Crippen molar-refractivity contribution in [2.45, 2.75) is 26.2 Å². The second-order valence-electron chi connectivity index (χ2n) is 5.45. The molecule has 0 N–H and O–H groups in total. The van der Waals surface area contributed by atoms with Crippen LogP contribution in [0.2, 0.25) is 0 Å². The Kier molecular flexibility index (Phi) is 5.61. The molecule has 0 bridgehead atoms. The lowest BCUT2D eigenvalue weighted by molar-refractivity contribution is 0.0943. The number of halogens is 1. The molecular formula is C16H22BrNO2. The first-order chi connectivity index (χ1) is 9.63. The molecule has 2 rings (SSSR count). The number of ether oxygens (including phenoxy) is 1. The van der Waals surface area contributed by atoms with E-state index in [1.165, 1.54) is 19.3 Å². The van der Waals surface area contributed by atoms with Crippen molar-refractivity contribution in [3.63, 3.8) is 0 Å². The summed E-state index contributed by atoms with van der Waals surface area (Å²) in [4.78, 5) is 14.6. The molecule has 1 atom stereocenters. The number of Topliss-reactive ketones (excluding diaryl/α,β-unsaturated/α-hetero) is 1. The van der Waals surface area contributed by atoms with Gasteiger partial charge in [-0.15, -0.1) is 0 Å². The minimum Gasteiger partial charge on any atom is -0.496 e. The Bertz CT molecular complexity index is 476. The highest BCUT2D eigenvalue weighted by Gasteiger charge is 2.23. The number of hydrogen-bond acceptors (Lipinski definition) is 3. The van der Waals surface area contributed by atoms with Crippen molar-refractivity contribution >= 4 is 21.7 Å². The molecule has 1 aromatic rings. The van der Waals surface area contributed by atoms with Gasteiger partial charge in [0.05, 0.1) is 18.1 Å². The molecular weight excluding hydrogens is 318 g/mol. The van der Waals surface area contributed by atoms with E-state index in [2.05, 4.69) is 27.8 Å². The van der Waals surface area contributed by atoms with E-state index in [4.69, 9.17) is 4.74 Å². The fraction of sp³-hybridized carbons (Fsp3) is 0.562. The SMILES string of the molecule is CCCC1CCN(CC(=O)c2ccc(OC)c(Br)c2)C1. The van der Waals surface area contributed by atoms with Gasteiger partial charge in [0, 0.05) is 12.1 Å². The van der Waals surface area contributed by atoms with E-state index < -0.39 is 0 Å². The molecule has 110 valence electrons. The van der Waals surface area contributed by atoms with Crippen LogP contribution >= 0.6 is 15.9 Å². The Hall–Kier alpha value is -0.870. The van der Waals surface area contributed by atoms with Crippen LogP contribution in [0.1, 0.15) is 36.5 Å². The Morgan fingerprint density at radius 3 is 2.95 bits per heavy atom. The highest BCUT2D eigenvalue weighted by atomic mass is 79.9. The van der Waals surface area contributed by atoms with Gasteiger partial charge in [0.1, 0.15) is 5.75 Å². The fourth-order valence-electron chi connectivity index (χ4n) is 2.83. The van der Waals surface area contributed by atoms with Crippen LogP contribution in [0.25, 0.3) is 0 Å². The van der Waals surface area contributed by atoms with Gasteiger partial charge in [-0.3, -0.25) is 9.69 Å². The van der Waals surface area contributed by atoms with Crippen molar-refractivity contribution in [3.05, 3.63) is 28.2 Å². The molecule has 1 heterocycles. The van der Waals surface area contributed by atoms with Crippen molar-refractivity contribution in [2.24, 2.45) is 5.92 Å². The summed E-state index contributed by atoms with van der Waals surface area (Å²) in [6.45, 7) is 4.87. The van der Waals surface area contributed by atoms with Crippen molar-refractivity contribution in [2.75, 3.05) is 26.7 Å². The van der Waals surface area contributed by atoms with Crippen LogP contribution in [0.3, 0.4) is 0 Å². The number of ketones is 1. The van der Waals surface area contributed by atoms with E-state index in [0.717, 1.165) is 34.8 Å². The number of nitrogens with zero attached hydrogens (tertiary/aromatic N) is 1. The third-order valence-electron chi connectivity index (χ3n) is 3.91. The van der Waals surface area contributed by atoms with E-state index in [0.29, 0.717) is 6.54 Å². The van der Waals surface area contributed by atoms with Gasteiger partial charge in [-0.1, -0.05) is 13.3 Å². The van der Waals surface area contributed by atoms with Crippen molar-refractivity contribution < 1.29 is 9.53 Å². The first-order valence-corrected chi connectivity index (χ1v) is 8.02. The molecule has 1 saturated heterocycles. The van der Waals surface area contributed by atoms with Gasteiger partial charge < -0.3 is 4.74 Å². The number of benzene rings is 1. The second kappa shape index (κ2) is 7.23. The van der Waals surface area contributed by atoms with Gasteiger partial charge in [0.2, 0.25) is 0 Å². The number of carbonyl (C=O) groups excluding carboxylic acids is 1. The predicted molar refractivity (Wildman–Crippen MR) is 84.5 cm³/mol. The molecule has 1 aromatic carbocycles. The number of hydrogen-bond donors (Lipinski definition) is 0. The average molecular weight is 340 g/mol. The standard InChI is InChI=1S/C16H22BrNO2/c1-3-4-12-7-8-18(10-12)11-15(19)13-5-6-16(20-2)14(17)9-13/h5-6,9,12H,3-4,7-8,10-11H2,1-2H3. The molecule has 0 spiro atoms. The molecule has 1 aliphatic heterocycles. The minimum atomic E-state index is 0.186. The first kappa shape index (κ1) is 15.5. The van der Waals surface area contributed by atoms with Gasteiger partial charge in [-0.05, 0) is 59.4 Å². The van der Waals surface area contributed by atoms with Crippen molar-refractivity contribution in [1.82, 2.24) is 4.90 Å². The first-order valence-electron chi connectivity index (χ1n) is 7.23. The molecule has 3 nitrogen and oxygen atoms in total. The third-order valence-corrected chi connectivity index (χ3v) is 4.53. The summed E-state index contributed by atoms with van der Waals surface area (Å²) in [6, 6.07) is 5.52. The van der Waals surface area contributed by atoms with E-state index in [1.807, 2.05) is 18.2 Å². The Morgan fingerprint density at radius 1 is 1.50 bits per heavy atom. The Labute approximate surface area is 129 Å². The van der Waals surface area contributed by atoms with Crippen molar-refractivity contribution in [1.29, 1.82) is 0 Å². The fourth-order valence-corrected chi connectivity index (χ4v) is 3.38. The van der Waals surface area contributed by atoms with E-state index >= 15 is 0 Å². The van der Waals surface area contributed by atoms with Gasteiger partial charge in [-0.25, -0.2) is 0 Å². The molecule has 20 heavy (non-hydrogen) atoms. The normalized spacial score (nSPS) is 19.2. The van der Waals surface area contributed by atoms with Crippen LogP contribution in [0.15, 0.2) is 22.7 Å². The highest BCUT2D eigenvalue weighted by Crippen LogP contribution is 2.26. The van der Waals surface area contributed by atoms with Crippen LogP contribution in [0.4, 0.5) is 0 Å². The molecule has 0 aromatic heterocycles. The lowest BCUT2D eigenvalue weighted by atomic mass is 10.0. The molecule has 1 fully saturated rings. The molecule has 0 saturated carbocycles. The minimum absolute atomic E-state index is 0.186. The zero-order chi connectivity index (χ0) is 14.5. The number of methoxy groups -OCH3 is 1. The van der Waals surface area contributed by atoms with Gasteiger partial charge in [0.25, 0.3) is 0 Å². The molecule has 0 aliphatic carbocycles. The van der Waals surface area contributed by atoms with Gasteiger partial charge in [0.15, 0.2) is 5.78 Å². The predicted octanol–water partition coefficient (Wildman–Crippen LogP) is 3.76. The summed E-state index contributed by atoms with van der Waals surface area (Å²) in [5.41, 5.74) is 0.747. The Morgan fingerprint density at radius 2 is 2.30 bits per heavy atom. The quantitative estimate of drug-likeness (QED) is 0.739. The van der Waals surface area contributed by atoms with Gasteiger partial charge >= 0.3 is 0 Å². The zero-order valence-corrected chi connectivity index (χ0v) is 13.8. The summed E-state index contributed by atoms with van der Waals surface area (Å²) < 4.78 is 6.02. The second-order valence-corrected chi connectivity index (χ2v) is 6.31. The van der Waals surface area contributed by atoms with E-state index in [9.17, 15) is 4.79 Å². The average Bonchev–Trinajstić information content (AvgIpc) is 2.86. The van der Waals surface area contributed by atoms with Crippen LogP contribution in [0.5, 0.6) is 5.75 Å². The monoisotopic (exact) mass is 339 g/mol. The summed E-state index contributed by atoms with van der Waals surface area (Å²) in [5, 5.41) is 0. The van der Waals surface area contributed by atoms with E-state index in [-0.39, 0.29) is 5.78 Å². The molecule has 0 amide bonds.